The number of rotatable bonds is 12. The molecule has 32 heavy (non-hydrogen) atoms. The highest BCUT2D eigenvalue weighted by Crippen LogP contribution is 2.33. The summed E-state index contributed by atoms with van der Waals surface area (Å²) >= 11 is 0. The van der Waals surface area contributed by atoms with Crippen LogP contribution in [-0.2, 0) is 11.2 Å². The Kier molecular flexibility index (Phi) is 11.4. The minimum atomic E-state index is -1.14. The Bertz CT molecular complexity index is 803. The van der Waals surface area contributed by atoms with Gasteiger partial charge in [0.15, 0.2) is 0 Å². The predicted molar refractivity (Wildman–Crippen MR) is 135 cm³/mol. The molecule has 1 aromatic carbocycles. The van der Waals surface area contributed by atoms with Gasteiger partial charge in [0.05, 0.1) is 5.97 Å². The van der Waals surface area contributed by atoms with Crippen LogP contribution >= 0.6 is 12.4 Å². The monoisotopic (exact) mass is 463 g/mol. The van der Waals surface area contributed by atoms with Crippen LogP contribution in [0.5, 0.6) is 0 Å². The van der Waals surface area contributed by atoms with Gasteiger partial charge in [0.2, 0.25) is 0 Å². The molecular weight excluding hydrogens is 424 g/mol. The summed E-state index contributed by atoms with van der Waals surface area (Å²) in [4.78, 5) is 16.6. The van der Waals surface area contributed by atoms with Crippen molar-refractivity contribution in [2.45, 2.75) is 46.1 Å². The lowest BCUT2D eigenvalue weighted by Crippen LogP contribution is -2.54. The lowest BCUT2D eigenvalue weighted by molar-refractivity contribution is -0.311. The van der Waals surface area contributed by atoms with Crippen molar-refractivity contribution in [3.05, 3.63) is 47.6 Å². The minimum absolute atomic E-state index is 0. The standard InChI is InChI=1S/C25H40N4O2.ClH/c1-5-28(6-2)15-12-21-17-19(9-10-23(21)26)20-11-13-25(27,22(18-20)24(30)31)14-16-29(7-3)8-4;/h9-11,13,17-18,22H,5-8,12,14-16,26-27H2,1-4H3,(H,30,31);1H/p-1. The summed E-state index contributed by atoms with van der Waals surface area (Å²) in [5.41, 5.74) is 15.5. The Labute approximate surface area is 199 Å². The van der Waals surface area contributed by atoms with E-state index in [9.17, 15) is 9.90 Å². The number of carbonyl (C=O) groups excluding carboxylic acids is 1. The van der Waals surface area contributed by atoms with Crippen LogP contribution in [0.1, 0.15) is 45.2 Å². The lowest BCUT2D eigenvalue weighted by Gasteiger charge is -2.38. The topological polar surface area (TPSA) is 98.6 Å². The maximum Gasteiger partial charge on any atom is 0.0505 e. The summed E-state index contributed by atoms with van der Waals surface area (Å²) in [6, 6.07) is 5.92. The first-order chi connectivity index (χ1) is 14.8. The number of likely N-dealkylation sites (N-methyl/N-ethyl adjacent to an activating group) is 1. The maximum absolute atomic E-state index is 12.0. The first-order valence-corrected chi connectivity index (χ1v) is 11.5. The number of carbonyl (C=O) groups is 1. The fourth-order valence-corrected chi connectivity index (χ4v) is 4.17. The van der Waals surface area contributed by atoms with Crippen LogP contribution in [0.25, 0.3) is 5.57 Å². The number of nitrogens with zero attached hydrogens (tertiary/aromatic N) is 2. The number of carboxylic acid groups (broad SMARTS) is 1. The summed E-state index contributed by atoms with van der Waals surface area (Å²) in [7, 11) is 0. The van der Waals surface area contributed by atoms with E-state index in [-0.39, 0.29) is 12.4 Å². The van der Waals surface area contributed by atoms with E-state index in [1.54, 1.807) is 6.08 Å². The molecule has 0 aromatic heterocycles. The molecule has 1 aliphatic rings. The van der Waals surface area contributed by atoms with Gasteiger partial charge in [-0.15, -0.1) is 12.4 Å². The Balaban J connectivity index is 0.00000512. The molecule has 180 valence electrons. The van der Waals surface area contributed by atoms with Gasteiger partial charge in [-0.05, 0) is 67.9 Å². The molecule has 0 bridgehead atoms. The van der Waals surface area contributed by atoms with E-state index in [1.807, 2.05) is 24.3 Å². The smallest absolute Gasteiger partial charge is 0.0505 e. The molecule has 1 aliphatic carbocycles. The quantitative estimate of drug-likeness (QED) is 0.461. The van der Waals surface area contributed by atoms with E-state index in [2.05, 4.69) is 43.6 Å². The average Bonchev–Trinajstić information content (AvgIpc) is 2.76. The third kappa shape index (κ3) is 7.07. The van der Waals surface area contributed by atoms with E-state index in [0.29, 0.717) is 6.42 Å². The number of nitrogen functional groups attached to an aromatic ring is 1. The Hall–Kier alpha value is -1.86. The molecule has 0 spiro atoms. The second-order valence-corrected chi connectivity index (χ2v) is 8.33. The van der Waals surface area contributed by atoms with Gasteiger partial charge in [-0.2, -0.15) is 0 Å². The van der Waals surface area contributed by atoms with Crippen molar-refractivity contribution < 1.29 is 9.90 Å². The number of nitrogens with two attached hydrogens (primary N) is 2. The highest BCUT2D eigenvalue weighted by Gasteiger charge is 2.35. The summed E-state index contributed by atoms with van der Waals surface area (Å²) in [5.74, 6) is -2.01. The van der Waals surface area contributed by atoms with Gasteiger partial charge in [0.1, 0.15) is 0 Å². The van der Waals surface area contributed by atoms with E-state index in [0.717, 1.165) is 68.1 Å². The number of halogens is 1. The third-order valence-corrected chi connectivity index (χ3v) is 6.58. The predicted octanol–water partition coefficient (Wildman–Crippen LogP) is 2.32. The zero-order valence-electron chi connectivity index (χ0n) is 20.0. The van der Waals surface area contributed by atoms with Gasteiger partial charge in [-0.3, -0.25) is 0 Å². The Morgan fingerprint density at radius 2 is 1.66 bits per heavy atom. The van der Waals surface area contributed by atoms with Crippen molar-refractivity contribution in [2.24, 2.45) is 11.7 Å². The minimum Gasteiger partial charge on any atom is -0.549 e. The van der Waals surface area contributed by atoms with Crippen molar-refractivity contribution in [3.63, 3.8) is 0 Å². The van der Waals surface area contributed by atoms with Crippen LogP contribution in [0.4, 0.5) is 5.69 Å². The number of anilines is 1. The van der Waals surface area contributed by atoms with Crippen molar-refractivity contribution >= 4 is 29.6 Å². The van der Waals surface area contributed by atoms with Gasteiger partial charge in [-0.1, -0.05) is 52.0 Å². The average molecular weight is 464 g/mol. The molecule has 2 unspecified atom stereocenters. The van der Waals surface area contributed by atoms with E-state index < -0.39 is 17.4 Å². The van der Waals surface area contributed by atoms with Gasteiger partial charge >= 0.3 is 0 Å². The van der Waals surface area contributed by atoms with Crippen LogP contribution < -0.4 is 16.6 Å². The summed E-state index contributed by atoms with van der Waals surface area (Å²) in [6.07, 6.45) is 6.95. The van der Waals surface area contributed by atoms with E-state index in [4.69, 9.17) is 11.5 Å². The van der Waals surface area contributed by atoms with Gasteiger partial charge in [-0.25, -0.2) is 0 Å². The highest BCUT2D eigenvalue weighted by atomic mass is 35.5. The van der Waals surface area contributed by atoms with Gasteiger partial charge in [0.25, 0.3) is 0 Å². The van der Waals surface area contributed by atoms with E-state index in [1.165, 1.54) is 0 Å². The van der Waals surface area contributed by atoms with Gasteiger partial charge < -0.3 is 31.2 Å². The number of allylic oxidation sites excluding steroid dienone is 2. The largest absolute Gasteiger partial charge is 0.549 e. The molecule has 6 nitrogen and oxygen atoms in total. The van der Waals surface area contributed by atoms with Crippen molar-refractivity contribution in [1.29, 1.82) is 0 Å². The second kappa shape index (κ2) is 13.0. The first-order valence-electron chi connectivity index (χ1n) is 11.5. The SMILES string of the molecule is CCN(CC)CCc1cc(C2=CC(C(=O)[O-])C(N)(CCN(CC)CC)C=C2)ccc1N.Cl. The molecule has 4 N–H and O–H groups in total. The van der Waals surface area contributed by atoms with Crippen LogP contribution in [0.3, 0.4) is 0 Å². The van der Waals surface area contributed by atoms with Crippen LogP contribution in [0, 0.1) is 5.92 Å². The molecule has 2 rings (SSSR count). The Morgan fingerprint density at radius 1 is 1.06 bits per heavy atom. The fourth-order valence-electron chi connectivity index (χ4n) is 4.17. The van der Waals surface area contributed by atoms with E-state index >= 15 is 0 Å². The Morgan fingerprint density at radius 3 is 2.22 bits per heavy atom. The summed E-state index contributed by atoms with van der Waals surface area (Å²) in [6.45, 7) is 14.0. The van der Waals surface area contributed by atoms with Crippen molar-refractivity contribution in [2.75, 3.05) is 45.0 Å². The third-order valence-electron chi connectivity index (χ3n) is 6.58. The molecular formula is C25H40ClN4O2-. The molecule has 0 heterocycles. The zero-order chi connectivity index (χ0) is 23.0. The molecule has 0 aliphatic heterocycles. The molecule has 0 amide bonds. The molecule has 7 heteroatoms. The number of aliphatic carboxylic acids is 1. The number of hydrogen-bond donors (Lipinski definition) is 2. The lowest BCUT2D eigenvalue weighted by atomic mass is 9.76. The van der Waals surface area contributed by atoms with Crippen LogP contribution in [0.2, 0.25) is 0 Å². The fraction of sp³-hybridized carbons (Fsp3) is 0.560. The number of benzene rings is 1. The summed E-state index contributed by atoms with van der Waals surface area (Å²) < 4.78 is 0. The maximum atomic E-state index is 12.0. The second-order valence-electron chi connectivity index (χ2n) is 8.33. The number of hydrogen-bond acceptors (Lipinski definition) is 6. The molecule has 0 saturated heterocycles. The number of carboxylic acids is 1. The first kappa shape index (κ1) is 28.2. The zero-order valence-corrected chi connectivity index (χ0v) is 20.8. The molecule has 0 saturated carbocycles. The van der Waals surface area contributed by atoms with Gasteiger partial charge in [0, 0.05) is 30.2 Å². The van der Waals surface area contributed by atoms with Crippen molar-refractivity contribution in [3.8, 4) is 0 Å². The molecule has 0 radical (unpaired) electrons. The molecule has 2 atom stereocenters. The van der Waals surface area contributed by atoms with Crippen LogP contribution in [-0.4, -0.2) is 60.6 Å². The van der Waals surface area contributed by atoms with Crippen LogP contribution in [0.15, 0.2) is 36.4 Å². The van der Waals surface area contributed by atoms with Crippen molar-refractivity contribution in [1.82, 2.24) is 9.80 Å². The highest BCUT2D eigenvalue weighted by molar-refractivity contribution is 5.85. The normalized spacial score (nSPS) is 20.3. The molecule has 0 fully saturated rings. The molecule has 1 aromatic rings. The summed E-state index contributed by atoms with van der Waals surface area (Å²) in [5, 5.41) is 12.0.